The van der Waals surface area contributed by atoms with E-state index in [1.807, 2.05) is 5.38 Å². The van der Waals surface area contributed by atoms with Crippen LogP contribution in [0, 0.1) is 5.92 Å². The van der Waals surface area contributed by atoms with E-state index >= 15 is 0 Å². The first kappa shape index (κ1) is 11.6. The summed E-state index contributed by atoms with van der Waals surface area (Å²) in [6.07, 6.45) is 2.45. The maximum Gasteiger partial charge on any atom is 0.0927 e. The fourth-order valence-electron chi connectivity index (χ4n) is 1.75. The highest BCUT2D eigenvalue weighted by atomic mass is 32.1. The predicted molar refractivity (Wildman–Crippen MR) is 60.4 cm³/mol. The third-order valence-electron chi connectivity index (χ3n) is 2.43. The van der Waals surface area contributed by atoms with Gasteiger partial charge >= 0.3 is 0 Å². The lowest BCUT2D eigenvalue weighted by Crippen LogP contribution is -2.27. The number of nitrogens with zero attached hydrogens (tertiary/aromatic N) is 2. The maximum absolute atomic E-state index is 4.14. The molecule has 0 amide bonds. The van der Waals surface area contributed by atoms with Gasteiger partial charge in [0.25, 0.3) is 0 Å². The highest BCUT2D eigenvalue weighted by molar-refractivity contribution is 7.03. The van der Waals surface area contributed by atoms with Crippen molar-refractivity contribution in [3.63, 3.8) is 0 Å². The topological polar surface area (TPSA) is 37.8 Å². The molecule has 0 aromatic carbocycles. The Morgan fingerprint density at radius 1 is 1.50 bits per heavy atom. The van der Waals surface area contributed by atoms with Gasteiger partial charge in [0.1, 0.15) is 0 Å². The molecule has 0 aliphatic carbocycles. The lowest BCUT2D eigenvalue weighted by atomic mass is 9.95. The molecular formula is C10H19N3S. The number of nitrogens with one attached hydrogen (secondary N) is 1. The number of rotatable bonds is 6. The fraction of sp³-hybridized carbons (Fsp3) is 0.800. The normalized spacial score (nSPS) is 15.4. The van der Waals surface area contributed by atoms with E-state index in [-0.39, 0.29) is 0 Å². The number of aromatic nitrogens is 2. The van der Waals surface area contributed by atoms with E-state index < -0.39 is 0 Å². The van der Waals surface area contributed by atoms with Gasteiger partial charge in [0, 0.05) is 5.38 Å². The minimum absolute atomic E-state index is 0.374. The Labute approximate surface area is 90.1 Å². The van der Waals surface area contributed by atoms with Crippen LogP contribution in [0.2, 0.25) is 0 Å². The molecule has 0 aliphatic heterocycles. The van der Waals surface area contributed by atoms with Crippen molar-refractivity contribution >= 4 is 11.5 Å². The van der Waals surface area contributed by atoms with Crippen LogP contribution >= 0.6 is 11.5 Å². The molecule has 2 atom stereocenters. The van der Waals surface area contributed by atoms with Crippen molar-refractivity contribution in [1.82, 2.24) is 14.9 Å². The first-order chi connectivity index (χ1) is 6.79. The van der Waals surface area contributed by atoms with Crippen molar-refractivity contribution in [2.75, 3.05) is 6.54 Å². The van der Waals surface area contributed by atoms with E-state index in [0.717, 1.165) is 12.2 Å². The quantitative estimate of drug-likeness (QED) is 0.789. The van der Waals surface area contributed by atoms with Crippen LogP contribution in [0.1, 0.15) is 45.3 Å². The Balaban J connectivity index is 2.63. The van der Waals surface area contributed by atoms with Gasteiger partial charge in [-0.3, -0.25) is 0 Å². The standard InChI is InChI=1S/C10H19N3S/c1-4-6-8(3)10(11-5-2)9-7-14-13-12-9/h7-8,10-11H,4-6H2,1-3H3. The molecule has 0 fully saturated rings. The Bertz CT molecular complexity index is 236. The molecular weight excluding hydrogens is 194 g/mol. The van der Waals surface area contributed by atoms with Crippen LogP contribution in [-0.4, -0.2) is 16.1 Å². The first-order valence-corrected chi connectivity index (χ1v) is 6.13. The summed E-state index contributed by atoms with van der Waals surface area (Å²) in [6, 6.07) is 0.374. The van der Waals surface area contributed by atoms with Crippen molar-refractivity contribution < 1.29 is 0 Å². The second-order valence-electron chi connectivity index (χ2n) is 3.63. The lowest BCUT2D eigenvalue weighted by Gasteiger charge is -2.22. The summed E-state index contributed by atoms with van der Waals surface area (Å²) >= 11 is 1.43. The smallest absolute Gasteiger partial charge is 0.0927 e. The van der Waals surface area contributed by atoms with Crippen LogP contribution < -0.4 is 5.32 Å². The molecule has 0 aliphatic rings. The molecule has 1 rings (SSSR count). The summed E-state index contributed by atoms with van der Waals surface area (Å²) in [5.41, 5.74) is 1.10. The Hall–Kier alpha value is -0.480. The van der Waals surface area contributed by atoms with Crippen LogP contribution in [0.5, 0.6) is 0 Å². The number of hydrogen-bond acceptors (Lipinski definition) is 4. The monoisotopic (exact) mass is 213 g/mol. The van der Waals surface area contributed by atoms with Gasteiger partial charge in [0.05, 0.1) is 11.7 Å². The van der Waals surface area contributed by atoms with Gasteiger partial charge in [-0.15, -0.1) is 5.10 Å². The van der Waals surface area contributed by atoms with Gasteiger partial charge < -0.3 is 5.32 Å². The van der Waals surface area contributed by atoms with E-state index in [1.54, 1.807) is 0 Å². The summed E-state index contributed by atoms with van der Waals surface area (Å²) in [5.74, 6) is 0.629. The van der Waals surface area contributed by atoms with E-state index in [0.29, 0.717) is 12.0 Å². The molecule has 1 aromatic rings. The average molecular weight is 213 g/mol. The van der Waals surface area contributed by atoms with Gasteiger partial charge in [0.2, 0.25) is 0 Å². The molecule has 0 spiro atoms. The van der Waals surface area contributed by atoms with Crippen LogP contribution in [0.25, 0.3) is 0 Å². The summed E-state index contributed by atoms with van der Waals surface area (Å²) in [7, 11) is 0. The van der Waals surface area contributed by atoms with Gasteiger partial charge in [-0.2, -0.15) is 0 Å². The van der Waals surface area contributed by atoms with Crippen molar-refractivity contribution in [3.05, 3.63) is 11.1 Å². The minimum Gasteiger partial charge on any atom is -0.309 e. The molecule has 4 heteroatoms. The van der Waals surface area contributed by atoms with Crippen LogP contribution in [0.3, 0.4) is 0 Å². The third-order valence-corrected chi connectivity index (χ3v) is 2.96. The second-order valence-corrected chi connectivity index (χ2v) is 4.24. The van der Waals surface area contributed by atoms with Gasteiger partial charge in [-0.1, -0.05) is 31.7 Å². The number of hydrogen-bond donors (Lipinski definition) is 1. The molecule has 3 nitrogen and oxygen atoms in total. The summed E-state index contributed by atoms with van der Waals surface area (Å²) in [5, 5.41) is 9.66. The Morgan fingerprint density at radius 3 is 2.79 bits per heavy atom. The second kappa shape index (κ2) is 6.09. The molecule has 0 saturated carbocycles. The van der Waals surface area contributed by atoms with Crippen molar-refractivity contribution in [1.29, 1.82) is 0 Å². The van der Waals surface area contributed by atoms with E-state index in [1.165, 1.54) is 24.4 Å². The third kappa shape index (κ3) is 3.03. The summed E-state index contributed by atoms with van der Waals surface area (Å²) in [4.78, 5) is 0. The zero-order chi connectivity index (χ0) is 10.4. The SMILES string of the molecule is CCCC(C)C(NCC)c1csnn1. The fourth-order valence-corrected chi connectivity index (χ4v) is 2.24. The zero-order valence-corrected chi connectivity index (χ0v) is 9.97. The molecule has 2 unspecified atom stereocenters. The molecule has 0 saturated heterocycles. The van der Waals surface area contributed by atoms with Gasteiger partial charge in [-0.05, 0) is 30.4 Å². The largest absolute Gasteiger partial charge is 0.309 e. The zero-order valence-electron chi connectivity index (χ0n) is 9.16. The van der Waals surface area contributed by atoms with Gasteiger partial charge in [0.15, 0.2) is 0 Å². The molecule has 14 heavy (non-hydrogen) atoms. The van der Waals surface area contributed by atoms with E-state index in [9.17, 15) is 0 Å². The molecule has 1 N–H and O–H groups in total. The molecule has 0 bridgehead atoms. The van der Waals surface area contributed by atoms with E-state index in [4.69, 9.17) is 0 Å². The predicted octanol–water partition coefficient (Wildman–Crippen LogP) is 2.62. The summed E-state index contributed by atoms with van der Waals surface area (Å²) < 4.78 is 3.92. The minimum atomic E-state index is 0.374. The van der Waals surface area contributed by atoms with Crippen molar-refractivity contribution in [2.45, 2.75) is 39.7 Å². The summed E-state index contributed by atoms with van der Waals surface area (Å²) in [6.45, 7) is 7.61. The molecule has 1 heterocycles. The highest BCUT2D eigenvalue weighted by Gasteiger charge is 2.19. The first-order valence-electron chi connectivity index (χ1n) is 5.29. The van der Waals surface area contributed by atoms with Crippen LogP contribution in [-0.2, 0) is 0 Å². The lowest BCUT2D eigenvalue weighted by molar-refractivity contribution is 0.362. The Morgan fingerprint density at radius 2 is 2.29 bits per heavy atom. The van der Waals surface area contributed by atoms with Gasteiger partial charge in [-0.25, -0.2) is 0 Å². The van der Waals surface area contributed by atoms with E-state index in [2.05, 4.69) is 35.7 Å². The molecule has 80 valence electrons. The van der Waals surface area contributed by atoms with Crippen LogP contribution in [0.4, 0.5) is 0 Å². The van der Waals surface area contributed by atoms with Crippen LogP contribution in [0.15, 0.2) is 5.38 Å². The highest BCUT2D eigenvalue weighted by Crippen LogP contribution is 2.24. The Kier molecular flexibility index (Phi) is 5.04. The maximum atomic E-state index is 4.14. The molecule has 0 radical (unpaired) electrons. The van der Waals surface area contributed by atoms with Crippen molar-refractivity contribution in [2.24, 2.45) is 5.92 Å². The average Bonchev–Trinajstić information content (AvgIpc) is 2.67. The molecule has 1 aromatic heterocycles. The van der Waals surface area contributed by atoms with Crippen molar-refractivity contribution in [3.8, 4) is 0 Å².